The lowest BCUT2D eigenvalue weighted by atomic mass is 10.0. The maximum Gasteiger partial charge on any atom is 0.252 e. The number of nitrogens with zero attached hydrogens (tertiary/aromatic N) is 3. The van der Waals surface area contributed by atoms with Gasteiger partial charge in [0.2, 0.25) is 0 Å². The maximum absolute atomic E-state index is 13.3. The SMILES string of the molecule is Cn1ccnc1C(NC(=O)c1ccc2nc[nH]c2c1)c1ccc(F)cc1. The quantitative estimate of drug-likeness (QED) is 0.595. The number of hydrogen-bond donors (Lipinski definition) is 2. The van der Waals surface area contributed by atoms with Gasteiger partial charge < -0.3 is 14.9 Å². The van der Waals surface area contributed by atoms with E-state index in [2.05, 4.69) is 20.3 Å². The van der Waals surface area contributed by atoms with Gasteiger partial charge in [-0.1, -0.05) is 12.1 Å². The molecule has 2 N–H and O–H groups in total. The molecule has 1 atom stereocenters. The van der Waals surface area contributed by atoms with E-state index in [1.165, 1.54) is 12.1 Å². The van der Waals surface area contributed by atoms with Gasteiger partial charge in [-0.15, -0.1) is 0 Å². The maximum atomic E-state index is 13.3. The third-order valence-electron chi connectivity index (χ3n) is 4.28. The minimum absolute atomic E-state index is 0.251. The molecule has 26 heavy (non-hydrogen) atoms. The number of rotatable bonds is 4. The molecule has 0 aliphatic rings. The van der Waals surface area contributed by atoms with Crippen LogP contribution in [0.15, 0.2) is 61.2 Å². The second-order valence-corrected chi connectivity index (χ2v) is 5.99. The summed E-state index contributed by atoms with van der Waals surface area (Å²) in [6.45, 7) is 0. The van der Waals surface area contributed by atoms with E-state index in [9.17, 15) is 9.18 Å². The summed E-state index contributed by atoms with van der Waals surface area (Å²) in [5, 5.41) is 2.99. The smallest absolute Gasteiger partial charge is 0.252 e. The lowest BCUT2D eigenvalue weighted by Gasteiger charge is -2.19. The van der Waals surface area contributed by atoms with E-state index in [1.807, 2.05) is 11.6 Å². The molecule has 4 aromatic rings. The molecule has 4 rings (SSSR count). The van der Waals surface area contributed by atoms with E-state index in [1.54, 1.807) is 49.1 Å². The predicted molar refractivity (Wildman–Crippen MR) is 95.0 cm³/mol. The normalized spacial score (nSPS) is 12.2. The first-order valence-electron chi connectivity index (χ1n) is 8.08. The molecule has 0 bridgehead atoms. The lowest BCUT2D eigenvalue weighted by molar-refractivity contribution is 0.0941. The van der Waals surface area contributed by atoms with Crippen LogP contribution in [-0.4, -0.2) is 25.4 Å². The Morgan fingerprint density at radius 1 is 1.19 bits per heavy atom. The summed E-state index contributed by atoms with van der Waals surface area (Å²) in [5.74, 6) is 0.0785. The topological polar surface area (TPSA) is 75.6 Å². The van der Waals surface area contributed by atoms with Gasteiger partial charge in [0.05, 0.1) is 17.4 Å². The Balaban J connectivity index is 1.68. The molecule has 7 heteroatoms. The lowest BCUT2D eigenvalue weighted by Crippen LogP contribution is -2.31. The van der Waals surface area contributed by atoms with Crippen molar-refractivity contribution in [3.63, 3.8) is 0 Å². The summed E-state index contributed by atoms with van der Waals surface area (Å²) in [6.07, 6.45) is 5.05. The Labute approximate surface area is 148 Å². The number of halogens is 1. The highest BCUT2D eigenvalue weighted by Crippen LogP contribution is 2.22. The Bertz CT molecular complexity index is 1070. The highest BCUT2D eigenvalue weighted by molar-refractivity contribution is 5.97. The van der Waals surface area contributed by atoms with Crippen LogP contribution >= 0.6 is 0 Å². The number of benzene rings is 2. The summed E-state index contributed by atoms with van der Waals surface area (Å²) in [4.78, 5) is 24.3. The van der Waals surface area contributed by atoms with Gasteiger partial charge in [0.15, 0.2) is 0 Å². The van der Waals surface area contributed by atoms with E-state index in [-0.39, 0.29) is 11.7 Å². The van der Waals surface area contributed by atoms with Gasteiger partial charge >= 0.3 is 0 Å². The fraction of sp³-hybridized carbons (Fsp3) is 0.105. The van der Waals surface area contributed by atoms with Crippen molar-refractivity contribution in [3.8, 4) is 0 Å². The molecule has 0 aliphatic carbocycles. The highest BCUT2D eigenvalue weighted by Gasteiger charge is 2.21. The molecule has 0 aliphatic heterocycles. The number of carbonyl (C=O) groups is 1. The van der Waals surface area contributed by atoms with Gasteiger partial charge in [-0.25, -0.2) is 14.4 Å². The Morgan fingerprint density at radius 3 is 2.73 bits per heavy atom. The van der Waals surface area contributed by atoms with Crippen LogP contribution in [0, 0.1) is 5.82 Å². The first kappa shape index (κ1) is 16.0. The number of imidazole rings is 2. The van der Waals surface area contributed by atoms with E-state index in [0.717, 1.165) is 16.6 Å². The molecular formula is C19H16FN5O. The molecule has 6 nitrogen and oxygen atoms in total. The number of carbonyl (C=O) groups excluding carboxylic acids is 1. The third kappa shape index (κ3) is 2.95. The van der Waals surface area contributed by atoms with Crippen LogP contribution in [0.4, 0.5) is 4.39 Å². The van der Waals surface area contributed by atoms with Crippen LogP contribution in [0.2, 0.25) is 0 Å². The summed E-state index contributed by atoms with van der Waals surface area (Å²) in [6, 6.07) is 10.8. The fourth-order valence-electron chi connectivity index (χ4n) is 2.90. The number of aromatic amines is 1. The van der Waals surface area contributed by atoms with Crippen molar-refractivity contribution in [1.29, 1.82) is 0 Å². The van der Waals surface area contributed by atoms with E-state index < -0.39 is 6.04 Å². The monoisotopic (exact) mass is 349 g/mol. The number of fused-ring (bicyclic) bond motifs is 1. The molecule has 0 saturated heterocycles. The molecule has 1 amide bonds. The molecule has 130 valence electrons. The van der Waals surface area contributed by atoms with Crippen LogP contribution in [0.5, 0.6) is 0 Å². The summed E-state index contributed by atoms with van der Waals surface area (Å²) < 4.78 is 15.1. The van der Waals surface area contributed by atoms with Gasteiger partial charge in [-0.05, 0) is 35.9 Å². The number of aromatic nitrogens is 4. The minimum atomic E-state index is -0.499. The molecule has 2 aromatic heterocycles. The van der Waals surface area contributed by atoms with Gasteiger partial charge in [0, 0.05) is 25.0 Å². The zero-order chi connectivity index (χ0) is 18.1. The first-order valence-corrected chi connectivity index (χ1v) is 8.08. The zero-order valence-corrected chi connectivity index (χ0v) is 14.0. The third-order valence-corrected chi connectivity index (χ3v) is 4.28. The molecule has 2 aromatic carbocycles. The Kier molecular flexibility index (Phi) is 3.96. The molecular weight excluding hydrogens is 333 g/mol. The number of nitrogens with one attached hydrogen (secondary N) is 2. The van der Waals surface area contributed by atoms with Crippen molar-refractivity contribution in [2.75, 3.05) is 0 Å². The highest BCUT2D eigenvalue weighted by atomic mass is 19.1. The van der Waals surface area contributed by atoms with Crippen LogP contribution in [0.3, 0.4) is 0 Å². The fourth-order valence-corrected chi connectivity index (χ4v) is 2.90. The molecule has 0 fully saturated rings. The second kappa shape index (κ2) is 6.44. The van der Waals surface area contributed by atoms with E-state index in [4.69, 9.17) is 0 Å². The first-order chi connectivity index (χ1) is 12.6. The summed E-state index contributed by atoms with van der Waals surface area (Å²) >= 11 is 0. The van der Waals surface area contributed by atoms with Crippen molar-refractivity contribution in [3.05, 3.63) is 84.0 Å². The van der Waals surface area contributed by atoms with Gasteiger partial charge in [0.25, 0.3) is 5.91 Å². The van der Waals surface area contributed by atoms with Crippen LogP contribution < -0.4 is 5.32 Å². The summed E-state index contributed by atoms with van der Waals surface area (Å²) in [5.41, 5.74) is 2.83. The second-order valence-electron chi connectivity index (χ2n) is 5.99. The molecule has 2 heterocycles. The molecule has 0 radical (unpaired) electrons. The van der Waals surface area contributed by atoms with Gasteiger partial charge in [0.1, 0.15) is 17.7 Å². The largest absolute Gasteiger partial charge is 0.345 e. The number of amides is 1. The Hall–Kier alpha value is -3.48. The van der Waals surface area contributed by atoms with Gasteiger partial charge in [-0.3, -0.25) is 4.79 Å². The van der Waals surface area contributed by atoms with Crippen molar-refractivity contribution < 1.29 is 9.18 Å². The van der Waals surface area contributed by atoms with Crippen LogP contribution in [0.1, 0.15) is 27.8 Å². The standard InChI is InChI=1S/C19H16FN5O/c1-25-9-8-21-18(25)17(12-2-5-14(20)6-3-12)24-19(26)13-4-7-15-16(10-13)23-11-22-15/h2-11,17H,1H3,(H,22,23)(H,24,26). The summed E-state index contributed by atoms with van der Waals surface area (Å²) in [7, 11) is 1.85. The van der Waals surface area contributed by atoms with Gasteiger partial charge in [-0.2, -0.15) is 0 Å². The van der Waals surface area contributed by atoms with Crippen molar-refractivity contribution in [2.45, 2.75) is 6.04 Å². The number of aryl methyl sites for hydroxylation is 1. The van der Waals surface area contributed by atoms with Crippen molar-refractivity contribution >= 4 is 16.9 Å². The minimum Gasteiger partial charge on any atom is -0.345 e. The number of H-pyrrole nitrogens is 1. The molecule has 1 unspecified atom stereocenters. The van der Waals surface area contributed by atoms with Crippen molar-refractivity contribution in [1.82, 2.24) is 24.8 Å². The Morgan fingerprint density at radius 2 is 2.00 bits per heavy atom. The number of hydrogen-bond acceptors (Lipinski definition) is 3. The average Bonchev–Trinajstić information content (AvgIpc) is 3.28. The van der Waals surface area contributed by atoms with Crippen LogP contribution in [0.25, 0.3) is 11.0 Å². The van der Waals surface area contributed by atoms with Crippen LogP contribution in [-0.2, 0) is 7.05 Å². The van der Waals surface area contributed by atoms with Crippen molar-refractivity contribution in [2.24, 2.45) is 7.05 Å². The predicted octanol–water partition coefficient (Wildman–Crippen LogP) is 2.95. The molecule has 0 saturated carbocycles. The average molecular weight is 349 g/mol. The van der Waals surface area contributed by atoms with E-state index >= 15 is 0 Å². The molecule has 0 spiro atoms. The zero-order valence-electron chi connectivity index (χ0n) is 14.0. The van der Waals surface area contributed by atoms with E-state index in [0.29, 0.717) is 11.4 Å².